The van der Waals surface area contributed by atoms with Gasteiger partial charge in [-0.15, -0.1) is 6.42 Å². The molecule has 1 fully saturated rings. The van der Waals surface area contributed by atoms with Crippen LogP contribution in [0.15, 0.2) is 42.6 Å². The summed E-state index contributed by atoms with van der Waals surface area (Å²) < 4.78 is 18.2. The summed E-state index contributed by atoms with van der Waals surface area (Å²) in [5.41, 5.74) is 6.25. The van der Waals surface area contributed by atoms with Crippen LogP contribution in [0.1, 0.15) is 24.6 Å². The van der Waals surface area contributed by atoms with Crippen LogP contribution in [0, 0.1) is 12.3 Å². The Morgan fingerprint density at radius 2 is 2.13 bits per heavy atom. The molecule has 9 heteroatoms. The number of benzene rings is 1. The molecule has 3 heterocycles. The fourth-order valence-electron chi connectivity index (χ4n) is 3.38. The van der Waals surface area contributed by atoms with Gasteiger partial charge in [-0.25, -0.2) is 9.78 Å². The average molecular weight is 427 g/mol. The van der Waals surface area contributed by atoms with E-state index in [-0.39, 0.29) is 24.3 Å². The largest absolute Gasteiger partial charge is 0.508 e. The van der Waals surface area contributed by atoms with Crippen LogP contribution in [0.2, 0.25) is 5.28 Å². The molecule has 3 aromatic rings. The van der Waals surface area contributed by atoms with Gasteiger partial charge in [0.15, 0.2) is 5.60 Å². The summed E-state index contributed by atoms with van der Waals surface area (Å²) in [4.78, 5) is 20.2. The Morgan fingerprint density at radius 3 is 2.90 bits per heavy atom. The third-order valence-corrected chi connectivity index (χ3v) is 5.10. The number of terminal acetylenes is 1. The van der Waals surface area contributed by atoms with Gasteiger partial charge < -0.3 is 24.5 Å². The molecule has 1 aromatic carbocycles. The number of ether oxygens (including phenoxy) is 3. The van der Waals surface area contributed by atoms with Gasteiger partial charge in [-0.3, -0.25) is 0 Å². The number of halogens is 1. The first-order valence-electron chi connectivity index (χ1n) is 9.28. The lowest BCUT2D eigenvalue weighted by Gasteiger charge is -2.23. The topological polar surface area (TPSA) is 101 Å². The van der Waals surface area contributed by atoms with Gasteiger partial charge in [0.2, 0.25) is 5.28 Å². The van der Waals surface area contributed by atoms with Crippen LogP contribution in [0.25, 0.3) is 11.0 Å². The number of hydrogen-bond donors (Lipinski definition) is 1. The molecule has 0 spiro atoms. The molecule has 8 nitrogen and oxygen atoms in total. The van der Waals surface area contributed by atoms with E-state index in [9.17, 15) is 4.79 Å². The van der Waals surface area contributed by atoms with Gasteiger partial charge >= 0.3 is 6.16 Å². The third kappa shape index (κ3) is 4.03. The number of nitrogen functional groups attached to an aromatic ring is 1. The van der Waals surface area contributed by atoms with Crippen LogP contribution in [0.4, 0.5) is 10.6 Å². The standard InChI is InChI=1S/C21H19ClN4O4/c1-2-21(13-29-20(27)28-12-14-6-4-3-5-7-14)10-8-16(30-21)26-11-9-15-17(23)24-19(22)25-18(15)26/h1,3-7,9,11,16H,8,10,12-13H2,(H2,23,24,25)/t16-,21+/m1/s1. The van der Waals surface area contributed by atoms with Crippen LogP contribution in [-0.2, 0) is 20.8 Å². The third-order valence-electron chi connectivity index (χ3n) is 4.93. The van der Waals surface area contributed by atoms with E-state index in [1.54, 1.807) is 16.8 Å². The summed E-state index contributed by atoms with van der Waals surface area (Å²) in [5.74, 6) is 2.90. The molecule has 0 aliphatic carbocycles. The van der Waals surface area contributed by atoms with Crippen molar-refractivity contribution in [2.24, 2.45) is 0 Å². The van der Waals surface area contributed by atoms with Crippen molar-refractivity contribution in [1.82, 2.24) is 14.5 Å². The molecule has 1 aliphatic heterocycles. The van der Waals surface area contributed by atoms with E-state index >= 15 is 0 Å². The summed E-state index contributed by atoms with van der Waals surface area (Å²) in [5, 5.41) is 0.715. The van der Waals surface area contributed by atoms with Gasteiger partial charge in [0.1, 0.15) is 30.9 Å². The highest BCUT2D eigenvalue weighted by Gasteiger charge is 2.41. The molecular weight excluding hydrogens is 408 g/mol. The fourth-order valence-corrected chi connectivity index (χ4v) is 3.55. The molecule has 0 unspecified atom stereocenters. The van der Waals surface area contributed by atoms with E-state index in [4.69, 9.17) is 38.0 Å². The van der Waals surface area contributed by atoms with Crippen molar-refractivity contribution in [1.29, 1.82) is 0 Å². The van der Waals surface area contributed by atoms with Crippen LogP contribution in [-0.4, -0.2) is 32.9 Å². The van der Waals surface area contributed by atoms with Crippen molar-refractivity contribution in [3.8, 4) is 12.3 Å². The van der Waals surface area contributed by atoms with Gasteiger partial charge in [-0.1, -0.05) is 36.3 Å². The Morgan fingerprint density at radius 1 is 1.33 bits per heavy atom. The lowest BCUT2D eigenvalue weighted by molar-refractivity contribution is -0.0736. The predicted octanol–water partition coefficient (Wildman–Crippen LogP) is 3.70. The molecule has 2 N–H and O–H groups in total. The smallest absolute Gasteiger partial charge is 0.430 e. The monoisotopic (exact) mass is 426 g/mol. The number of nitrogens with zero attached hydrogens (tertiary/aromatic N) is 3. The molecule has 2 aromatic heterocycles. The van der Waals surface area contributed by atoms with E-state index in [1.165, 1.54) is 0 Å². The van der Waals surface area contributed by atoms with Crippen LogP contribution in [0.5, 0.6) is 0 Å². The molecule has 0 saturated carbocycles. The zero-order valence-electron chi connectivity index (χ0n) is 16.0. The maximum atomic E-state index is 12.0. The predicted molar refractivity (Wildman–Crippen MR) is 110 cm³/mol. The first-order chi connectivity index (χ1) is 14.5. The highest BCUT2D eigenvalue weighted by Crippen LogP contribution is 2.38. The number of rotatable bonds is 5. The molecule has 1 saturated heterocycles. The van der Waals surface area contributed by atoms with Gasteiger partial charge in [0, 0.05) is 6.20 Å². The molecule has 2 atom stereocenters. The van der Waals surface area contributed by atoms with Crippen molar-refractivity contribution < 1.29 is 19.0 Å². The Labute approximate surface area is 177 Å². The van der Waals surface area contributed by atoms with E-state index in [2.05, 4.69) is 15.9 Å². The Hall–Kier alpha value is -3.28. The van der Waals surface area contributed by atoms with Crippen LogP contribution < -0.4 is 5.73 Å². The van der Waals surface area contributed by atoms with E-state index in [1.807, 2.05) is 30.3 Å². The summed E-state index contributed by atoms with van der Waals surface area (Å²) in [7, 11) is 0. The minimum atomic E-state index is -1.06. The Balaban J connectivity index is 1.40. The second-order valence-corrected chi connectivity index (χ2v) is 7.24. The number of nitrogens with two attached hydrogens (primary N) is 1. The minimum Gasteiger partial charge on any atom is -0.430 e. The first-order valence-corrected chi connectivity index (χ1v) is 9.66. The highest BCUT2D eigenvalue weighted by molar-refractivity contribution is 6.28. The maximum Gasteiger partial charge on any atom is 0.508 e. The normalized spacial score (nSPS) is 20.7. The molecule has 30 heavy (non-hydrogen) atoms. The number of carbonyl (C=O) groups excluding carboxylic acids is 1. The Kier molecular flexibility index (Phi) is 5.48. The van der Waals surface area contributed by atoms with Crippen molar-refractivity contribution in [2.75, 3.05) is 12.3 Å². The number of carbonyl (C=O) groups is 1. The second kappa shape index (κ2) is 8.22. The highest BCUT2D eigenvalue weighted by atomic mass is 35.5. The number of hydrogen-bond acceptors (Lipinski definition) is 7. The lowest BCUT2D eigenvalue weighted by Crippen LogP contribution is -2.34. The van der Waals surface area contributed by atoms with Crippen LogP contribution in [0.3, 0.4) is 0 Å². The van der Waals surface area contributed by atoms with Gasteiger partial charge in [-0.2, -0.15) is 4.98 Å². The van der Waals surface area contributed by atoms with Gasteiger partial charge in [0.25, 0.3) is 0 Å². The minimum absolute atomic E-state index is 0.0469. The average Bonchev–Trinajstić information content (AvgIpc) is 3.36. The number of anilines is 1. The number of fused-ring (bicyclic) bond motifs is 1. The molecule has 154 valence electrons. The number of aromatic nitrogens is 3. The fraction of sp³-hybridized carbons (Fsp3) is 0.286. The van der Waals surface area contributed by atoms with Crippen molar-refractivity contribution in [2.45, 2.75) is 31.3 Å². The SMILES string of the molecule is C#C[C@@]1(COC(=O)OCc2ccccc2)CC[C@H](n2ccc3c(N)nc(Cl)nc32)O1. The quantitative estimate of drug-likeness (QED) is 0.377. The molecule has 0 radical (unpaired) electrons. The van der Waals surface area contributed by atoms with Crippen molar-refractivity contribution in [3.05, 3.63) is 53.4 Å². The Bertz CT molecular complexity index is 1110. The lowest BCUT2D eigenvalue weighted by atomic mass is 10.0. The van der Waals surface area contributed by atoms with E-state index < -0.39 is 18.0 Å². The van der Waals surface area contributed by atoms with Crippen LogP contribution >= 0.6 is 11.6 Å². The van der Waals surface area contributed by atoms with Gasteiger partial charge in [-0.05, 0) is 36.1 Å². The maximum absolute atomic E-state index is 12.0. The summed E-state index contributed by atoms with van der Waals surface area (Å²) in [6.07, 6.45) is 7.38. The molecule has 0 bridgehead atoms. The molecule has 0 amide bonds. The molecular formula is C21H19ClN4O4. The summed E-state index contributed by atoms with van der Waals surface area (Å²) >= 11 is 5.94. The molecule has 1 aliphatic rings. The van der Waals surface area contributed by atoms with E-state index in [0.29, 0.717) is 23.9 Å². The van der Waals surface area contributed by atoms with Crippen molar-refractivity contribution in [3.63, 3.8) is 0 Å². The zero-order valence-corrected chi connectivity index (χ0v) is 16.7. The zero-order chi connectivity index (χ0) is 21.1. The molecule has 4 rings (SSSR count). The van der Waals surface area contributed by atoms with E-state index in [0.717, 1.165) is 5.56 Å². The van der Waals surface area contributed by atoms with Crippen molar-refractivity contribution >= 4 is 34.6 Å². The second-order valence-electron chi connectivity index (χ2n) is 6.90. The first kappa shape index (κ1) is 20.0. The summed E-state index contributed by atoms with van der Waals surface area (Å²) in [6.45, 7) is -0.00580. The summed E-state index contributed by atoms with van der Waals surface area (Å²) in [6, 6.07) is 11.1. The van der Waals surface area contributed by atoms with Gasteiger partial charge in [0.05, 0.1) is 5.39 Å².